The van der Waals surface area contributed by atoms with Gasteiger partial charge in [-0.25, -0.2) is 4.98 Å². The van der Waals surface area contributed by atoms with Crippen molar-refractivity contribution in [2.75, 3.05) is 11.5 Å². The maximum Gasteiger partial charge on any atom is 0.176 e. The lowest BCUT2D eigenvalue weighted by Crippen LogP contribution is -2.21. The van der Waals surface area contributed by atoms with Crippen LogP contribution >= 0.6 is 28.7 Å². The Balaban J connectivity index is 0.000000980. The van der Waals surface area contributed by atoms with Gasteiger partial charge in [0, 0.05) is 18.0 Å². The summed E-state index contributed by atoms with van der Waals surface area (Å²) in [4.78, 5) is 4.15. The number of aromatic nitrogens is 2. The van der Waals surface area contributed by atoms with Crippen molar-refractivity contribution in [3.63, 3.8) is 0 Å². The summed E-state index contributed by atoms with van der Waals surface area (Å²) in [6.45, 7) is 2.04. The zero-order valence-electron chi connectivity index (χ0n) is 7.65. The van der Waals surface area contributed by atoms with Gasteiger partial charge in [-0.1, -0.05) is 11.8 Å². The van der Waals surface area contributed by atoms with Crippen LogP contribution in [0.15, 0.2) is 16.8 Å². The van der Waals surface area contributed by atoms with Crippen LogP contribution in [0, 0.1) is 5.41 Å². The van der Waals surface area contributed by atoms with Crippen LogP contribution in [0.2, 0.25) is 0 Å². The number of anilines is 1. The smallest absolute Gasteiger partial charge is 0.176 e. The topological polar surface area (TPSA) is 67.7 Å². The molecule has 14 heavy (non-hydrogen) atoms. The molecule has 2 rings (SSSR count). The van der Waals surface area contributed by atoms with E-state index in [9.17, 15) is 0 Å². The van der Waals surface area contributed by atoms with Crippen molar-refractivity contribution in [3.8, 4) is 0 Å². The molecule has 6 heteroatoms. The molecule has 0 saturated carbocycles. The third-order valence-electron chi connectivity index (χ3n) is 1.75. The zero-order valence-corrected chi connectivity index (χ0v) is 10.2. The molecule has 0 unspecified atom stereocenters. The first-order chi connectivity index (χ1) is 6.16. The fourth-order valence-corrected chi connectivity index (χ4v) is 2.06. The first-order valence-electron chi connectivity index (χ1n) is 3.90. The van der Waals surface area contributed by atoms with E-state index < -0.39 is 0 Å². The second-order valence-corrected chi connectivity index (χ2v) is 3.93. The van der Waals surface area contributed by atoms with Gasteiger partial charge in [0.1, 0.15) is 11.3 Å². The van der Waals surface area contributed by atoms with Gasteiger partial charge in [0.2, 0.25) is 0 Å². The molecule has 2 heterocycles. The van der Waals surface area contributed by atoms with Crippen molar-refractivity contribution in [1.82, 2.24) is 9.55 Å². The molecule has 0 aliphatic carbocycles. The van der Waals surface area contributed by atoms with Crippen molar-refractivity contribution in [1.29, 1.82) is 5.41 Å². The second-order valence-electron chi connectivity index (χ2n) is 2.98. The molecule has 0 saturated heterocycles. The Labute approximate surface area is 96.5 Å². The molecule has 0 amide bonds. The van der Waals surface area contributed by atoms with Gasteiger partial charge in [0.15, 0.2) is 5.16 Å². The summed E-state index contributed by atoms with van der Waals surface area (Å²) in [6.07, 6.45) is 1.93. The van der Waals surface area contributed by atoms with Crippen molar-refractivity contribution in [2.45, 2.75) is 12.1 Å². The summed E-state index contributed by atoms with van der Waals surface area (Å²) in [5.41, 5.74) is 7.16. The zero-order chi connectivity index (χ0) is 9.42. The lowest BCUT2D eigenvalue weighted by molar-refractivity contribution is 0.797. The van der Waals surface area contributed by atoms with Gasteiger partial charge in [-0.15, -0.1) is 17.0 Å². The van der Waals surface area contributed by atoms with Crippen LogP contribution in [0.3, 0.4) is 0 Å². The Morgan fingerprint density at radius 3 is 3.07 bits per heavy atom. The number of hydrogen-bond donors (Lipinski definition) is 2. The van der Waals surface area contributed by atoms with Gasteiger partial charge >= 0.3 is 0 Å². The van der Waals surface area contributed by atoms with Gasteiger partial charge in [-0.3, -0.25) is 9.98 Å². The van der Waals surface area contributed by atoms with Gasteiger partial charge in [0.05, 0.1) is 0 Å². The Morgan fingerprint density at radius 2 is 2.36 bits per heavy atom. The van der Waals surface area contributed by atoms with E-state index in [4.69, 9.17) is 11.1 Å². The third kappa shape index (κ3) is 2.01. The van der Waals surface area contributed by atoms with Crippen molar-refractivity contribution >= 4 is 40.8 Å². The number of nitrogens with one attached hydrogen (secondary N) is 1. The molecular formula is C8H11BrN4S. The lowest BCUT2D eigenvalue weighted by Gasteiger charge is -2.15. The molecule has 1 aromatic heterocycles. The SMILES string of the molecule is Br.CC1=Cn2c(nc(N)cc2=N)SC1. The number of nitrogen functional groups attached to an aromatic ring is 1. The molecule has 1 aliphatic heterocycles. The van der Waals surface area contributed by atoms with Crippen LogP contribution in [0.5, 0.6) is 0 Å². The van der Waals surface area contributed by atoms with E-state index in [1.165, 1.54) is 5.57 Å². The third-order valence-corrected chi connectivity index (χ3v) is 2.90. The van der Waals surface area contributed by atoms with Gasteiger partial charge in [-0.05, 0) is 12.5 Å². The first kappa shape index (κ1) is 11.3. The highest BCUT2D eigenvalue weighted by Gasteiger charge is 2.09. The molecule has 0 fully saturated rings. The largest absolute Gasteiger partial charge is 0.383 e. The Morgan fingerprint density at radius 1 is 1.64 bits per heavy atom. The minimum atomic E-state index is 0. The molecule has 0 spiro atoms. The molecule has 1 aromatic rings. The van der Waals surface area contributed by atoms with Gasteiger partial charge < -0.3 is 5.73 Å². The molecule has 1 aliphatic rings. The quantitative estimate of drug-likeness (QED) is 0.705. The summed E-state index contributed by atoms with van der Waals surface area (Å²) in [6, 6.07) is 1.55. The highest BCUT2D eigenvalue weighted by Crippen LogP contribution is 2.23. The fourth-order valence-electron chi connectivity index (χ4n) is 1.17. The number of thioether (sulfide) groups is 1. The minimum Gasteiger partial charge on any atom is -0.383 e. The summed E-state index contributed by atoms with van der Waals surface area (Å²) >= 11 is 1.61. The molecule has 3 N–H and O–H groups in total. The Kier molecular flexibility index (Phi) is 3.38. The second kappa shape index (κ2) is 4.18. The van der Waals surface area contributed by atoms with Crippen LogP contribution < -0.4 is 11.2 Å². The number of nitrogens with two attached hydrogens (primary N) is 1. The van der Waals surface area contributed by atoms with Gasteiger partial charge in [0.25, 0.3) is 0 Å². The fraction of sp³-hybridized carbons (Fsp3) is 0.250. The number of nitrogens with zero attached hydrogens (tertiary/aromatic N) is 2. The van der Waals surface area contributed by atoms with E-state index in [0.29, 0.717) is 11.3 Å². The van der Waals surface area contributed by atoms with Crippen LogP contribution in [-0.4, -0.2) is 15.3 Å². The highest BCUT2D eigenvalue weighted by molar-refractivity contribution is 8.93. The molecule has 0 aromatic carbocycles. The maximum absolute atomic E-state index is 7.66. The normalized spacial score (nSPS) is 13.9. The molecule has 0 radical (unpaired) electrons. The first-order valence-corrected chi connectivity index (χ1v) is 4.89. The molecular weight excluding hydrogens is 264 g/mol. The van der Waals surface area contributed by atoms with E-state index in [1.54, 1.807) is 22.4 Å². The van der Waals surface area contributed by atoms with Crippen molar-refractivity contribution in [3.05, 3.63) is 17.1 Å². The van der Waals surface area contributed by atoms with Crippen LogP contribution in [-0.2, 0) is 0 Å². The average Bonchev–Trinajstić information content (AvgIpc) is 2.06. The summed E-state index contributed by atoms with van der Waals surface area (Å²) in [5, 5.41) is 8.47. The highest BCUT2D eigenvalue weighted by atomic mass is 79.9. The summed E-state index contributed by atoms with van der Waals surface area (Å²) in [7, 11) is 0. The number of halogens is 1. The summed E-state index contributed by atoms with van der Waals surface area (Å²) in [5.74, 6) is 1.34. The minimum absolute atomic E-state index is 0. The van der Waals surface area contributed by atoms with Crippen LogP contribution in [0.25, 0.3) is 6.20 Å². The van der Waals surface area contributed by atoms with E-state index in [0.717, 1.165) is 10.9 Å². The number of rotatable bonds is 0. The van der Waals surface area contributed by atoms with Crippen molar-refractivity contribution in [2.24, 2.45) is 0 Å². The molecule has 76 valence electrons. The van der Waals surface area contributed by atoms with Crippen molar-refractivity contribution < 1.29 is 0 Å². The summed E-state index contributed by atoms with van der Waals surface area (Å²) < 4.78 is 1.75. The van der Waals surface area contributed by atoms with E-state index in [-0.39, 0.29) is 17.0 Å². The average molecular weight is 275 g/mol. The van der Waals surface area contributed by atoms with Crippen LogP contribution in [0.1, 0.15) is 6.92 Å². The number of hydrogen-bond acceptors (Lipinski definition) is 4. The lowest BCUT2D eigenvalue weighted by atomic mass is 10.4. The maximum atomic E-state index is 7.66. The standard InChI is InChI=1S/C8H10N4S.BrH/c1-5-3-12-7(10)2-6(9)11-8(12)13-4-5;/h2-3,10H,4,9H2,1H3;1H. The molecule has 4 nitrogen and oxygen atoms in total. The van der Waals surface area contributed by atoms with Crippen LogP contribution in [0.4, 0.5) is 5.82 Å². The van der Waals surface area contributed by atoms with E-state index in [1.807, 2.05) is 13.1 Å². The van der Waals surface area contributed by atoms with E-state index >= 15 is 0 Å². The van der Waals surface area contributed by atoms with E-state index in [2.05, 4.69) is 4.98 Å². The number of fused-ring (bicyclic) bond motifs is 1. The molecule has 0 atom stereocenters. The Hall–Kier alpha value is -0.750. The monoisotopic (exact) mass is 274 g/mol. The predicted molar refractivity (Wildman–Crippen MR) is 63.5 cm³/mol. The Bertz CT molecular complexity index is 437. The van der Waals surface area contributed by atoms with Gasteiger partial charge in [-0.2, -0.15) is 0 Å². The predicted octanol–water partition coefficient (Wildman–Crippen LogP) is 1.49. The molecule has 0 bridgehead atoms.